The van der Waals surface area contributed by atoms with Gasteiger partial charge in [-0.3, -0.25) is 4.79 Å². The van der Waals surface area contributed by atoms with Crippen molar-refractivity contribution in [3.63, 3.8) is 0 Å². The van der Waals surface area contributed by atoms with Gasteiger partial charge in [0.05, 0.1) is 18.9 Å². The van der Waals surface area contributed by atoms with Crippen LogP contribution in [0.15, 0.2) is 49.1 Å². The predicted octanol–water partition coefficient (Wildman–Crippen LogP) is 4.04. The van der Waals surface area contributed by atoms with Crippen LogP contribution in [-0.2, 0) is 16.1 Å². The Bertz CT molecular complexity index is 566. The molecule has 2 atom stereocenters. The summed E-state index contributed by atoms with van der Waals surface area (Å²) < 4.78 is 7.41. The molecule has 0 aliphatic heterocycles. The van der Waals surface area contributed by atoms with Gasteiger partial charge in [-0.15, -0.1) is 0 Å². The molecule has 2 unspecified atom stereocenters. The van der Waals surface area contributed by atoms with Crippen molar-refractivity contribution in [2.24, 2.45) is 5.92 Å². The van der Waals surface area contributed by atoms with E-state index in [1.807, 2.05) is 49.8 Å². The third-order valence-electron chi connectivity index (χ3n) is 4.07. The lowest BCUT2D eigenvalue weighted by Gasteiger charge is -2.23. The zero-order valence-corrected chi connectivity index (χ0v) is 14.0. The minimum absolute atomic E-state index is 0.120. The van der Waals surface area contributed by atoms with Gasteiger partial charge in [-0.05, 0) is 31.2 Å². The van der Waals surface area contributed by atoms with Crippen LogP contribution in [0.25, 0.3) is 0 Å². The minimum Gasteiger partial charge on any atom is -0.466 e. The average molecular weight is 314 g/mol. The van der Waals surface area contributed by atoms with Gasteiger partial charge in [0.15, 0.2) is 0 Å². The van der Waals surface area contributed by atoms with Crippen molar-refractivity contribution in [2.45, 2.75) is 45.6 Å². The zero-order valence-electron chi connectivity index (χ0n) is 14.0. The summed E-state index contributed by atoms with van der Waals surface area (Å²) in [4.78, 5) is 16.6. The smallest absolute Gasteiger partial charge is 0.313 e. The van der Waals surface area contributed by atoms with Crippen LogP contribution in [0.3, 0.4) is 0 Å². The van der Waals surface area contributed by atoms with Crippen molar-refractivity contribution in [1.82, 2.24) is 9.55 Å². The lowest BCUT2D eigenvalue weighted by Crippen LogP contribution is -2.21. The zero-order chi connectivity index (χ0) is 16.5. The van der Waals surface area contributed by atoms with Crippen LogP contribution in [0, 0.1) is 5.92 Å². The van der Waals surface area contributed by atoms with E-state index in [9.17, 15) is 4.79 Å². The van der Waals surface area contributed by atoms with Crippen molar-refractivity contribution in [1.29, 1.82) is 0 Å². The van der Waals surface area contributed by atoms with Crippen LogP contribution in [-0.4, -0.2) is 22.1 Å². The fourth-order valence-corrected chi connectivity index (χ4v) is 3.01. The van der Waals surface area contributed by atoms with Crippen molar-refractivity contribution in [2.75, 3.05) is 6.61 Å². The first kappa shape index (κ1) is 17.3. The van der Waals surface area contributed by atoms with Gasteiger partial charge < -0.3 is 9.30 Å². The SMILES string of the molecule is CCCC(CC(C(=O)OCC)c1ccccc1)Cn1ccnc1. The van der Waals surface area contributed by atoms with E-state index in [1.165, 1.54) is 0 Å². The van der Waals surface area contributed by atoms with Gasteiger partial charge in [0.25, 0.3) is 0 Å². The normalized spacial score (nSPS) is 13.5. The summed E-state index contributed by atoms with van der Waals surface area (Å²) in [6.45, 7) is 5.34. The van der Waals surface area contributed by atoms with Gasteiger partial charge in [-0.2, -0.15) is 0 Å². The molecule has 0 saturated carbocycles. The molecule has 0 saturated heterocycles. The van der Waals surface area contributed by atoms with Gasteiger partial charge in [0, 0.05) is 18.9 Å². The summed E-state index contributed by atoms with van der Waals surface area (Å²) in [5.74, 6) is 0.102. The Morgan fingerprint density at radius 2 is 2.04 bits per heavy atom. The summed E-state index contributed by atoms with van der Waals surface area (Å²) >= 11 is 0. The van der Waals surface area contributed by atoms with Crippen molar-refractivity contribution in [3.05, 3.63) is 54.6 Å². The van der Waals surface area contributed by atoms with Crippen molar-refractivity contribution in [3.8, 4) is 0 Å². The number of carbonyl (C=O) groups excluding carboxylic acids is 1. The molecule has 0 radical (unpaired) electrons. The van der Waals surface area contributed by atoms with E-state index < -0.39 is 0 Å². The van der Waals surface area contributed by atoms with Crippen LogP contribution in [0.5, 0.6) is 0 Å². The Labute approximate surface area is 138 Å². The molecule has 124 valence electrons. The summed E-state index contributed by atoms with van der Waals surface area (Å²) in [6.07, 6.45) is 8.59. The second-order valence-electron chi connectivity index (χ2n) is 5.87. The number of hydrogen-bond donors (Lipinski definition) is 0. The molecule has 0 aliphatic carbocycles. The van der Waals surface area contributed by atoms with E-state index in [2.05, 4.69) is 16.5 Å². The van der Waals surface area contributed by atoms with Gasteiger partial charge in [0.2, 0.25) is 0 Å². The molecule has 0 amide bonds. The number of esters is 1. The molecule has 23 heavy (non-hydrogen) atoms. The topological polar surface area (TPSA) is 44.1 Å². The molecule has 2 aromatic rings. The molecule has 4 nitrogen and oxygen atoms in total. The highest BCUT2D eigenvalue weighted by molar-refractivity contribution is 5.78. The number of imidazole rings is 1. The maximum absolute atomic E-state index is 12.4. The third-order valence-corrected chi connectivity index (χ3v) is 4.07. The fraction of sp³-hybridized carbons (Fsp3) is 0.474. The molecular formula is C19H26N2O2. The molecule has 1 aromatic heterocycles. The van der Waals surface area contributed by atoms with Gasteiger partial charge in [-0.25, -0.2) is 4.98 Å². The molecule has 0 fully saturated rings. The van der Waals surface area contributed by atoms with E-state index in [4.69, 9.17) is 4.74 Å². The van der Waals surface area contributed by atoms with Crippen LogP contribution in [0.2, 0.25) is 0 Å². The molecule has 2 rings (SSSR count). The Morgan fingerprint density at radius 1 is 1.26 bits per heavy atom. The Balaban J connectivity index is 2.14. The van der Waals surface area contributed by atoms with Gasteiger partial charge in [-0.1, -0.05) is 43.7 Å². The molecule has 0 N–H and O–H groups in total. The Hall–Kier alpha value is -2.10. The molecule has 0 spiro atoms. The fourth-order valence-electron chi connectivity index (χ4n) is 3.01. The molecule has 0 aliphatic rings. The number of carbonyl (C=O) groups is 1. The molecular weight excluding hydrogens is 288 g/mol. The monoisotopic (exact) mass is 314 g/mol. The van der Waals surface area contributed by atoms with Crippen molar-refractivity contribution >= 4 is 5.97 Å². The number of rotatable bonds is 9. The first-order valence-corrected chi connectivity index (χ1v) is 8.41. The standard InChI is InChI=1S/C19H26N2O2/c1-3-8-16(14-21-12-11-20-15-21)13-18(19(22)23-4-2)17-9-6-5-7-10-17/h5-7,9-12,15-16,18H,3-4,8,13-14H2,1-2H3. The number of benzene rings is 1. The molecule has 1 heterocycles. The quantitative estimate of drug-likeness (QED) is 0.656. The third kappa shape index (κ3) is 5.23. The summed E-state index contributed by atoms with van der Waals surface area (Å²) in [6, 6.07) is 9.96. The summed E-state index contributed by atoms with van der Waals surface area (Å²) in [5.41, 5.74) is 1.04. The lowest BCUT2D eigenvalue weighted by atomic mass is 9.86. The highest BCUT2D eigenvalue weighted by atomic mass is 16.5. The maximum Gasteiger partial charge on any atom is 0.313 e. The van der Waals surface area contributed by atoms with Crippen molar-refractivity contribution < 1.29 is 9.53 Å². The van der Waals surface area contributed by atoms with E-state index >= 15 is 0 Å². The number of ether oxygens (including phenoxy) is 1. The minimum atomic E-state index is -0.198. The van der Waals surface area contributed by atoms with Crippen LogP contribution in [0.4, 0.5) is 0 Å². The number of aromatic nitrogens is 2. The van der Waals surface area contributed by atoms with Gasteiger partial charge >= 0.3 is 5.97 Å². The van der Waals surface area contributed by atoms with Crippen LogP contribution in [0.1, 0.15) is 44.6 Å². The first-order chi connectivity index (χ1) is 11.2. The second kappa shape index (κ2) is 9.13. The predicted molar refractivity (Wildman–Crippen MR) is 91.1 cm³/mol. The largest absolute Gasteiger partial charge is 0.466 e. The Morgan fingerprint density at radius 3 is 2.65 bits per heavy atom. The summed E-state index contributed by atoms with van der Waals surface area (Å²) in [5, 5.41) is 0. The molecule has 0 bridgehead atoms. The number of hydrogen-bond acceptors (Lipinski definition) is 3. The summed E-state index contributed by atoms with van der Waals surface area (Å²) in [7, 11) is 0. The molecule has 4 heteroatoms. The highest BCUT2D eigenvalue weighted by Gasteiger charge is 2.25. The highest BCUT2D eigenvalue weighted by Crippen LogP contribution is 2.28. The first-order valence-electron chi connectivity index (χ1n) is 8.41. The maximum atomic E-state index is 12.4. The van der Waals surface area contributed by atoms with E-state index in [1.54, 1.807) is 6.20 Å². The lowest BCUT2D eigenvalue weighted by molar-refractivity contribution is -0.145. The van der Waals surface area contributed by atoms with Gasteiger partial charge in [0.1, 0.15) is 0 Å². The van der Waals surface area contributed by atoms with Crippen LogP contribution < -0.4 is 0 Å². The van der Waals surface area contributed by atoms with Crippen LogP contribution >= 0.6 is 0 Å². The van der Waals surface area contributed by atoms with E-state index in [0.29, 0.717) is 12.5 Å². The van der Waals surface area contributed by atoms with E-state index in [0.717, 1.165) is 31.4 Å². The van der Waals surface area contributed by atoms with E-state index in [-0.39, 0.29) is 11.9 Å². The average Bonchev–Trinajstić information content (AvgIpc) is 3.06. The Kier molecular flexibility index (Phi) is 6.85. The molecule has 1 aromatic carbocycles. The second-order valence-corrected chi connectivity index (χ2v) is 5.87. The number of nitrogens with zero attached hydrogens (tertiary/aromatic N) is 2.